The lowest BCUT2D eigenvalue weighted by atomic mass is 10.1. The van der Waals surface area contributed by atoms with Crippen molar-refractivity contribution < 1.29 is 19.1 Å². The molecule has 30 heavy (non-hydrogen) atoms. The van der Waals surface area contributed by atoms with Gasteiger partial charge in [-0.05, 0) is 55.0 Å². The smallest absolute Gasteiger partial charge is 0.338 e. The Bertz CT molecular complexity index is 1040. The molecular formula is C21H15Cl2N3O4. The third kappa shape index (κ3) is 5.99. The van der Waals surface area contributed by atoms with Crippen molar-refractivity contribution in [1.82, 2.24) is 0 Å². The summed E-state index contributed by atoms with van der Waals surface area (Å²) in [6, 6.07) is 12.6. The number of anilines is 1. The lowest BCUT2D eigenvalue weighted by Crippen LogP contribution is -2.13. The molecule has 9 heteroatoms. The molecule has 152 valence electrons. The fourth-order valence-electron chi connectivity index (χ4n) is 2.32. The Morgan fingerprint density at radius 3 is 2.30 bits per heavy atom. The van der Waals surface area contributed by atoms with Crippen LogP contribution >= 0.6 is 23.2 Å². The molecule has 1 amide bonds. The number of hydrogen-bond acceptors (Lipinski definition) is 6. The molecule has 0 fully saturated rings. The number of nitrogens with one attached hydrogen (secondary N) is 1. The maximum Gasteiger partial charge on any atom is 0.338 e. The second-order valence-electron chi connectivity index (χ2n) is 5.68. The number of esters is 1. The van der Waals surface area contributed by atoms with Crippen LogP contribution in [0, 0.1) is 22.7 Å². The summed E-state index contributed by atoms with van der Waals surface area (Å²) in [6.07, 6.45) is 1.31. The highest BCUT2D eigenvalue weighted by Gasteiger charge is 2.13. The van der Waals surface area contributed by atoms with Crippen molar-refractivity contribution in [2.24, 2.45) is 0 Å². The van der Waals surface area contributed by atoms with Gasteiger partial charge in [0.15, 0.2) is 12.4 Å². The van der Waals surface area contributed by atoms with Gasteiger partial charge in [-0.1, -0.05) is 23.2 Å². The van der Waals surface area contributed by atoms with Crippen molar-refractivity contribution in [2.75, 3.05) is 18.5 Å². The number of benzene rings is 2. The van der Waals surface area contributed by atoms with E-state index >= 15 is 0 Å². The largest absolute Gasteiger partial charge is 0.476 e. The summed E-state index contributed by atoms with van der Waals surface area (Å²) in [5.41, 5.74) is 0.945. The molecule has 0 aliphatic carbocycles. The second-order valence-corrected chi connectivity index (χ2v) is 6.50. The summed E-state index contributed by atoms with van der Waals surface area (Å²) in [7, 11) is 0. The molecule has 0 unspecified atom stereocenters. The average molecular weight is 444 g/mol. The third-order valence-electron chi connectivity index (χ3n) is 3.63. The van der Waals surface area contributed by atoms with E-state index in [0.717, 1.165) is 0 Å². The summed E-state index contributed by atoms with van der Waals surface area (Å²) in [5.74, 6) is -0.982. The van der Waals surface area contributed by atoms with Gasteiger partial charge in [0, 0.05) is 5.69 Å². The van der Waals surface area contributed by atoms with Crippen molar-refractivity contribution in [2.45, 2.75) is 6.92 Å². The standard InChI is InChI=1S/C21H15Cl2N3O4/c1-2-29-21(28)14-3-5-16(6-4-14)26-20(27)15(12-25)9-13-10-17(22)19(18(23)11-13)30-8-7-24/h3-6,9-11H,2,8H2,1H3,(H,26,27)/b15-9+. The number of nitrogens with zero attached hydrogens (tertiary/aromatic N) is 2. The zero-order chi connectivity index (χ0) is 22.1. The Kier molecular flexibility index (Phi) is 8.25. The number of amides is 1. The van der Waals surface area contributed by atoms with Crippen molar-refractivity contribution >= 4 is 46.8 Å². The van der Waals surface area contributed by atoms with Crippen molar-refractivity contribution in [3.63, 3.8) is 0 Å². The van der Waals surface area contributed by atoms with Crippen LogP contribution in [-0.2, 0) is 9.53 Å². The van der Waals surface area contributed by atoms with E-state index in [0.29, 0.717) is 16.8 Å². The topological polar surface area (TPSA) is 112 Å². The zero-order valence-electron chi connectivity index (χ0n) is 15.7. The van der Waals surface area contributed by atoms with Gasteiger partial charge in [0.1, 0.15) is 17.7 Å². The molecule has 2 aromatic rings. The van der Waals surface area contributed by atoms with Crippen LogP contribution in [0.25, 0.3) is 6.08 Å². The van der Waals surface area contributed by atoms with Gasteiger partial charge < -0.3 is 14.8 Å². The number of carbonyl (C=O) groups is 2. The van der Waals surface area contributed by atoms with Gasteiger partial charge in [-0.25, -0.2) is 4.79 Å². The molecule has 1 N–H and O–H groups in total. The molecule has 2 aromatic carbocycles. The summed E-state index contributed by atoms with van der Waals surface area (Å²) < 4.78 is 10.0. The first-order valence-corrected chi connectivity index (χ1v) is 9.34. The van der Waals surface area contributed by atoms with Gasteiger partial charge in [-0.3, -0.25) is 4.79 Å². The number of ether oxygens (including phenoxy) is 2. The first-order chi connectivity index (χ1) is 14.4. The normalized spacial score (nSPS) is 10.5. The van der Waals surface area contributed by atoms with E-state index in [2.05, 4.69) is 5.32 Å². The summed E-state index contributed by atoms with van der Waals surface area (Å²) in [4.78, 5) is 24.1. The minimum Gasteiger partial charge on any atom is -0.476 e. The van der Waals surface area contributed by atoms with Crippen LogP contribution in [0.3, 0.4) is 0 Å². The maximum absolute atomic E-state index is 12.4. The van der Waals surface area contributed by atoms with E-state index in [9.17, 15) is 14.9 Å². The fourth-order valence-corrected chi connectivity index (χ4v) is 2.94. The van der Waals surface area contributed by atoms with Gasteiger partial charge in [0.2, 0.25) is 0 Å². The predicted octanol–water partition coefficient (Wildman–Crippen LogP) is 4.62. The molecule has 0 aliphatic heterocycles. The Balaban J connectivity index is 2.18. The first-order valence-electron chi connectivity index (χ1n) is 8.58. The number of carbonyl (C=O) groups excluding carboxylic acids is 2. The monoisotopic (exact) mass is 443 g/mol. The molecule has 0 bridgehead atoms. The van der Waals surface area contributed by atoms with E-state index < -0.39 is 11.9 Å². The minimum absolute atomic E-state index is 0.135. The quantitative estimate of drug-likeness (QED) is 0.379. The van der Waals surface area contributed by atoms with Gasteiger partial charge in [-0.15, -0.1) is 0 Å². The number of nitriles is 2. The van der Waals surface area contributed by atoms with Gasteiger partial charge in [-0.2, -0.15) is 10.5 Å². The number of halogens is 2. The van der Waals surface area contributed by atoms with Crippen LogP contribution in [0.4, 0.5) is 5.69 Å². The molecule has 0 saturated carbocycles. The first kappa shape index (κ1) is 22.8. The number of rotatable bonds is 7. The summed E-state index contributed by atoms with van der Waals surface area (Å²) in [6.45, 7) is 1.73. The highest BCUT2D eigenvalue weighted by atomic mass is 35.5. The van der Waals surface area contributed by atoms with E-state index in [-0.39, 0.29) is 34.6 Å². The molecule has 0 saturated heterocycles. The molecule has 0 heterocycles. The summed E-state index contributed by atoms with van der Waals surface area (Å²) >= 11 is 12.2. The van der Waals surface area contributed by atoms with Crippen LogP contribution in [0.2, 0.25) is 10.0 Å². The van der Waals surface area contributed by atoms with E-state index in [4.69, 9.17) is 37.9 Å². The molecule has 7 nitrogen and oxygen atoms in total. The predicted molar refractivity (Wildman–Crippen MR) is 112 cm³/mol. The van der Waals surface area contributed by atoms with Crippen molar-refractivity contribution in [3.05, 3.63) is 63.1 Å². The van der Waals surface area contributed by atoms with E-state index in [1.807, 2.05) is 12.1 Å². The lowest BCUT2D eigenvalue weighted by Gasteiger charge is -2.09. The Morgan fingerprint density at radius 2 is 1.77 bits per heavy atom. The molecule has 2 rings (SSSR count). The Morgan fingerprint density at radius 1 is 1.13 bits per heavy atom. The second kappa shape index (κ2) is 10.9. The lowest BCUT2D eigenvalue weighted by molar-refractivity contribution is -0.112. The van der Waals surface area contributed by atoms with Crippen LogP contribution in [-0.4, -0.2) is 25.1 Å². The molecule has 0 atom stereocenters. The minimum atomic E-state index is -0.654. The highest BCUT2D eigenvalue weighted by Crippen LogP contribution is 2.34. The molecule has 0 spiro atoms. The molecule has 0 aliphatic rings. The van der Waals surface area contributed by atoms with Gasteiger partial charge >= 0.3 is 5.97 Å². The fraction of sp³-hybridized carbons (Fsp3) is 0.143. The molecular weight excluding hydrogens is 429 g/mol. The Labute approximate surface area is 183 Å². The van der Waals surface area contributed by atoms with E-state index in [1.165, 1.54) is 42.5 Å². The highest BCUT2D eigenvalue weighted by molar-refractivity contribution is 6.37. The zero-order valence-corrected chi connectivity index (χ0v) is 17.3. The van der Waals surface area contributed by atoms with E-state index in [1.54, 1.807) is 6.92 Å². The van der Waals surface area contributed by atoms with Crippen LogP contribution < -0.4 is 10.1 Å². The molecule has 0 radical (unpaired) electrons. The van der Waals surface area contributed by atoms with Crippen LogP contribution in [0.15, 0.2) is 42.0 Å². The number of hydrogen-bond donors (Lipinski definition) is 1. The van der Waals surface area contributed by atoms with Crippen molar-refractivity contribution in [1.29, 1.82) is 10.5 Å². The average Bonchev–Trinajstić information content (AvgIpc) is 2.72. The van der Waals surface area contributed by atoms with Crippen LogP contribution in [0.1, 0.15) is 22.8 Å². The maximum atomic E-state index is 12.4. The van der Waals surface area contributed by atoms with Crippen molar-refractivity contribution in [3.8, 4) is 17.9 Å². The Hall–Kier alpha value is -3.52. The van der Waals surface area contributed by atoms with Crippen LogP contribution in [0.5, 0.6) is 5.75 Å². The molecule has 0 aromatic heterocycles. The summed E-state index contributed by atoms with van der Waals surface area (Å²) in [5, 5.41) is 20.8. The van der Waals surface area contributed by atoms with Gasteiger partial charge in [0.05, 0.1) is 22.2 Å². The SMILES string of the molecule is CCOC(=O)c1ccc(NC(=O)/C(C#N)=C/c2cc(Cl)c(OCC#N)c(Cl)c2)cc1. The third-order valence-corrected chi connectivity index (χ3v) is 4.19. The van der Waals surface area contributed by atoms with Gasteiger partial charge in [0.25, 0.3) is 5.91 Å².